The number of aryl methyl sites for hydroxylation is 3. The van der Waals surface area contributed by atoms with Gasteiger partial charge in [0.15, 0.2) is 0 Å². The number of anilines is 1. The van der Waals surface area contributed by atoms with Crippen LogP contribution in [0.5, 0.6) is 0 Å². The molecule has 2 heterocycles. The molecule has 0 aliphatic rings. The quantitative estimate of drug-likeness (QED) is 0.271. The highest BCUT2D eigenvalue weighted by Crippen LogP contribution is 2.32. The number of benzene rings is 3. The number of esters is 1. The van der Waals surface area contributed by atoms with Gasteiger partial charge in [0.25, 0.3) is 5.91 Å². The first kappa shape index (κ1) is 23.5. The van der Waals surface area contributed by atoms with Gasteiger partial charge in [0, 0.05) is 16.6 Å². The highest BCUT2D eigenvalue weighted by Gasteiger charge is 2.27. The van der Waals surface area contributed by atoms with Crippen LogP contribution in [0, 0.1) is 20.8 Å². The van der Waals surface area contributed by atoms with Crippen molar-refractivity contribution in [3.8, 4) is 5.69 Å². The topological polar surface area (TPSA) is 73.2 Å². The van der Waals surface area contributed by atoms with Crippen molar-refractivity contribution in [3.05, 3.63) is 112 Å². The first-order valence-electron chi connectivity index (χ1n) is 11.6. The summed E-state index contributed by atoms with van der Waals surface area (Å²) in [4.78, 5) is 27.9. The predicted molar refractivity (Wildman–Crippen MR) is 143 cm³/mol. The van der Waals surface area contributed by atoms with E-state index in [0.717, 1.165) is 32.7 Å². The van der Waals surface area contributed by atoms with E-state index >= 15 is 0 Å². The summed E-state index contributed by atoms with van der Waals surface area (Å²) in [5.41, 5.74) is 5.05. The highest BCUT2D eigenvalue weighted by molar-refractivity contribution is 7.20. The minimum atomic E-state index is -1.10. The second-order valence-electron chi connectivity index (χ2n) is 8.72. The maximum atomic E-state index is 13.3. The normalized spacial score (nSPS) is 11.9. The molecule has 1 amide bonds. The zero-order valence-electron chi connectivity index (χ0n) is 20.2. The first-order chi connectivity index (χ1) is 17.4. The molecule has 5 rings (SSSR count). The molecule has 0 fully saturated rings. The van der Waals surface area contributed by atoms with Gasteiger partial charge in [0.05, 0.1) is 11.4 Å². The molecular formula is C29H25N3O3S. The molecule has 5 aromatic rings. The van der Waals surface area contributed by atoms with Gasteiger partial charge in [0.2, 0.25) is 6.10 Å². The van der Waals surface area contributed by atoms with Crippen LogP contribution >= 0.6 is 11.3 Å². The van der Waals surface area contributed by atoms with Gasteiger partial charge in [-0.15, -0.1) is 11.3 Å². The number of carbonyl (C=O) groups is 2. The monoisotopic (exact) mass is 495 g/mol. The number of para-hydroxylation sites is 1. The van der Waals surface area contributed by atoms with Gasteiger partial charge in [-0.05, 0) is 62.2 Å². The number of amides is 1. The second kappa shape index (κ2) is 9.79. The third-order valence-corrected chi connectivity index (χ3v) is 6.89. The van der Waals surface area contributed by atoms with Crippen LogP contribution in [0.25, 0.3) is 15.9 Å². The molecule has 3 aromatic carbocycles. The van der Waals surface area contributed by atoms with E-state index in [1.165, 1.54) is 11.3 Å². The molecule has 1 N–H and O–H groups in total. The SMILES string of the molecule is Cc1cc(C)cc(NC(=O)C(OC(=O)c2cc3c(C)nn(-c4ccccc4)c3s2)c2ccccc2)c1. The van der Waals surface area contributed by atoms with E-state index in [1.54, 1.807) is 18.2 Å². The van der Waals surface area contributed by atoms with Crippen LogP contribution in [0.2, 0.25) is 0 Å². The number of nitrogens with one attached hydrogen (secondary N) is 1. The van der Waals surface area contributed by atoms with E-state index in [9.17, 15) is 9.59 Å². The Labute approximate surface area is 213 Å². The molecule has 0 radical (unpaired) electrons. The fourth-order valence-electron chi connectivity index (χ4n) is 4.21. The molecule has 0 saturated carbocycles. The van der Waals surface area contributed by atoms with Gasteiger partial charge in [0.1, 0.15) is 9.71 Å². The van der Waals surface area contributed by atoms with Crippen LogP contribution in [-0.4, -0.2) is 21.7 Å². The van der Waals surface area contributed by atoms with E-state index in [-0.39, 0.29) is 0 Å². The van der Waals surface area contributed by atoms with Crippen LogP contribution in [0.1, 0.15) is 38.2 Å². The van der Waals surface area contributed by atoms with Crippen molar-refractivity contribution < 1.29 is 14.3 Å². The molecule has 1 atom stereocenters. The summed E-state index contributed by atoms with van der Waals surface area (Å²) in [6.45, 7) is 5.85. The summed E-state index contributed by atoms with van der Waals surface area (Å²) in [7, 11) is 0. The van der Waals surface area contributed by atoms with E-state index in [0.29, 0.717) is 16.1 Å². The molecular weight excluding hydrogens is 470 g/mol. The number of fused-ring (bicyclic) bond motifs is 1. The average Bonchev–Trinajstić information content (AvgIpc) is 3.43. The van der Waals surface area contributed by atoms with Crippen molar-refractivity contribution in [2.45, 2.75) is 26.9 Å². The number of aromatic nitrogens is 2. The van der Waals surface area contributed by atoms with Gasteiger partial charge >= 0.3 is 5.97 Å². The van der Waals surface area contributed by atoms with Crippen LogP contribution in [-0.2, 0) is 9.53 Å². The Hall–Kier alpha value is -4.23. The smallest absolute Gasteiger partial charge is 0.349 e. The minimum absolute atomic E-state index is 0.410. The molecule has 7 heteroatoms. The van der Waals surface area contributed by atoms with Crippen LogP contribution < -0.4 is 5.32 Å². The Morgan fingerprint density at radius 3 is 2.19 bits per heavy atom. The number of hydrogen-bond donors (Lipinski definition) is 1. The molecule has 0 bridgehead atoms. The Balaban J connectivity index is 1.45. The molecule has 0 spiro atoms. The van der Waals surface area contributed by atoms with E-state index < -0.39 is 18.0 Å². The van der Waals surface area contributed by atoms with Crippen molar-refractivity contribution in [2.75, 3.05) is 5.32 Å². The standard InChI is InChI=1S/C29H25N3O3S/c1-18-14-19(2)16-22(15-18)30-27(33)26(21-10-6-4-7-11-21)35-29(34)25-17-24-20(3)31-32(28(24)36-25)23-12-8-5-9-13-23/h4-17,26H,1-3H3,(H,30,33). The molecule has 6 nitrogen and oxygen atoms in total. The Morgan fingerprint density at radius 2 is 1.53 bits per heavy atom. The van der Waals surface area contributed by atoms with Crippen LogP contribution in [0.15, 0.2) is 84.9 Å². The van der Waals surface area contributed by atoms with E-state index in [4.69, 9.17) is 4.74 Å². The summed E-state index contributed by atoms with van der Waals surface area (Å²) in [6.07, 6.45) is -1.10. The van der Waals surface area contributed by atoms with Crippen molar-refractivity contribution >= 4 is 39.1 Å². The summed E-state index contributed by atoms with van der Waals surface area (Å²) in [5, 5.41) is 8.42. The Kier molecular flexibility index (Phi) is 6.40. The van der Waals surface area contributed by atoms with Gasteiger partial charge < -0.3 is 10.1 Å². The van der Waals surface area contributed by atoms with E-state index in [1.807, 2.05) is 92.2 Å². The van der Waals surface area contributed by atoms with Crippen LogP contribution in [0.4, 0.5) is 5.69 Å². The van der Waals surface area contributed by atoms with Crippen molar-refractivity contribution in [3.63, 3.8) is 0 Å². The summed E-state index contributed by atoms with van der Waals surface area (Å²) in [6, 6.07) is 26.4. The lowest BCUT2D eigenvalue weighted by atomic mass is 10.1. The number of ether oxygens (including phenoxy) is 1. The number of hydrogen-bond acceptors (Lipinski definition) is 5. The largest absolute Gasteiger partial charge is 0.443 e. The highest BCUT2D eigenvalue weighted by atomic mass is 32.1. The van der Waals surface area contributed by atoms with Crippen LogP contribution in [0.3, 0.4) is 0 Å². The molecule has 36 heavy (non-hydrogen) atoms. The third kappa shape index (κ3) is 4.78. The lowest BCUT2D eigenvalue weighted by molar-refractivity contribution is -0.125. The van der Waals surface area contributed by atoms with Crippen molar-refractivity contribution in [1.82, 2.24) is 9.78 Å². The average molecular weight is 496 g/mol. The summed E-state index contributed by atoms with van der Waals surface area (Å²) < 4.78 is 7.66. The van der Waals surface area contributed by atoms with Crippen molar-refractivity contribution in [1.29, 1.82) is 0 Å². The fourth-order valence-corrected chi connectivity index (χ4v) is 5.28. The number of rotatable bonds is 6. The van der Waals surface area contributed by atoms with Gasteiger partial charge in [-0.3, -0.25) is 4.79 Å². The number of carbonyl (C=O) groups excluding carboxylic acids is 2. The predicted octanol–water partition coefficient (Wildman–Crippen LogP) is 6.55. The van der Waals surface area contributed by atoms with Gasteiger partial charge in [-0.2, -0.15) is 5.10 Å². The summed E-state index contributed by atoms with van der Waals surface area (Å²) >= 11 is 1.30. The maximum absolute atomic E-state index is 13.3. The molecule has 2 aromatic heterocycles. The van der Waals surface area contributed by atoms with Gasteiger partial charge in [-0.25, -0.2) is 9.48 Å². The lowest BCUT2D eigenvalue weighted by Gasteiger charge is -2.18. The van der Waals surface area contributed by atoms with Crippen molar-refractivity contribution in [2.24, 2.45) is 0 Å². The summed E-state index contributed by atoms with van der Waals surface area (Å²) in [5.74, 6) is -0.966. The lowest BCUT2D eigenvalue weighted by Crippen LogP contribution is -2.25. The molecule has 180 valence electrons. The maximum Gasteiger partial charge on any atom is 0.349 e. The third-order valence-electron chi connectivity index (χ3n) is 5.80. The first-order valence-corrected chi connectivity index (χ1v) is 12.4. The number of thiophene rings is 1. The Bertz CT molecular complexity index is 1540. The van der Waals surface area contributed by atoms with Gasteiger partial charge in [-0.1, -0.05) is 54.6 Å². The zero-order valence-corrected chi connectivity index (χ0v) is 21.0. The molecule has 0 saturated heterocycles. The Morgan fingerprint density at radius 1 is 0.889 bits per heavy atom. The number of nitrogens with zero attached hydrogens (tertiary/aromatic N) is 2. The second-order valence-corrected chi connectivity index (χ2v) is 9.75. The zero-order chi connectivity index (χ0) is 25.2. The molecule has 0 aliphatic heterocycles. The minimum Gasteiger partial charge on any atom is -0.443 e. The molecule has 0 aliphatic carbocycles. The fraction of sp³-hybridized carbons (Fsp3) is 0.138. The molecule has 1 unspecified atom stereocenters. The van der Waals surface area contributed by atoms with E-state index in [2.05, 4.69) is 10.4 Å².